The van der Waals surface area contributed by atoms with Crippen LogP contribution in [0.4, 0.5) is 9.18 Å². The average molecular weight is 387 g/mol. The van der Waals surface area contributed by atoms with Gasteiger partial charge in [0.1, 0.15) is 5.82 Å². The molecule has 1 aromatic heterocycles. The minimum Gasteiger partial charge on any atom is -0.351 e. The Morgan fingerprint density at radius 1 is 1.22 bits per heavy atom. The van der Waals surface area contributed by atoms with Gasteiger partial charge in [-0.2, -0.15) is 0 Å². The first-order chi connectivity index (χ1) is 13.1. The smallest absolute Gasteiger partial charge is 0.317 e. The standard InChI is InChI=1S/C20H22FN3O2S/c21-15-4-1-3-14(9-15)11-23-19(26)24-7-6-20(13-24)10-17(20)18(25)22-12-16-5-2-8-27-16/h1-5,8-9,17H,6-7,10-13H2,(H,22,25)(H,23,26)/t17-,20-/m1/s1. The Hall–Kier alpha value is -2.41. The van der Waals surface area contributed by atoms with Crippen LogP contribution in [0.5, 0.6) is 0 Å². The average Bonchev–Trinajstić information content (AvgIpc) is 3.01. The summed E-state index contributed by atoms with van der Waals surface area (Å²) in [5.74, 6) is -0.222. The van der Waals surface area contributed by atoms with Gasteiger partial charge in [-0.25, -0.2) is 9.18 Å². The predicted molar refractivity (Wildman–Crippen MR) is 102 cm³/mol. The molecular weight excluding hydrogens is 365 g/mol. The summed E-state index contributed by atoms with van der Waals surface area (Å²) in [4.78, 5) is 27.7. The molecule has 27 heavy (non-hydrogen) atoms. The first-order valence-electron chi connectivity index (χ1n) is 9.13. The number of hydrogen-bond donors (Lipinski definition) is 2. The van der Waals surface area contributed by atoms with Crippen molar-refractivity contribution in [3.05, 3.63) is 58.0 Å². The van der Waals surface area contributed by atoms with Crippen molar-refractivity contribution in [3.63, 3.8) is 0 Å². The maximum Gasteiger partial charge on any atom is 0.317 e. The molecule has 5 nitrogen and oxygen atoms in total. The molecule has 2 aliphatic rings. The van der Waals surface area contributed by atoms with Crippen molar-refractivity contribution in [3.8, 4) is 0 Å². The Bertz CT molecular complexity index is 842. The molecule has 0 bridgehead atoms. The molecule has 3 amide bonds. The maximum atomic E-state index is 13.2. The highest BCUT2D eigenvalue weighted by Crippen LogP contribution is 2.58. The molecule has 1 aliphatic heterocycles. The zero-order chi connectivity index (χ0) is 18.9. The van der Waals surface area contributed by atoms with Crippen molar-refractivity contribution < 1.29 is 14.0 Å². The Balaban J connectivity index is 1.25. The topological polar surface area (TPSA) is 61.4 Å². The molecule has 2 atom stereocenters. The fraction of sp³-hybridized carbons (Fsp3) is 0.400. The summed E-state index contributed by atoms with van der Waals surface area (Å²) >= 11 is 1.63. The maximum absolute atomic E-state index is 13.2. The molecule has 142 valence electrons. The van der Waals surface area contributed by atoms with Gasteiger partial charge in [0.15, 0.2) is 0 Å². The molecule has 1 spiro atoms. The van der Waals surface area contributed by atoms with Gasteiger partial charge in [0.05, 0.1) is 6.54 Å². The Morgan fingerprint density at radius 2 is 2.11 bits per heavy atom. The van der Waals surface area contributed by atoms with Crippen molar-refractivity contribution in [2.24, 2.45) is 11.3 Å². The van der Waals surface area contributed by atoms with Gasteiger partial charge in [0.25, 0.3) is 0 Å². The summed E-state index contributed by atoms with van der Waals surface area (Å²) in [6, 6.07) is 10.0. The quantitative estimate of drug-likeness (QED) is 0.828. The number of hydrogen-bond acceptors (Lipinski definition) is 3. The molecule has 2 N–H and O–H groups in total. The van der Waals surface area contributed by atoms with Crippen LogP contribution in [0.1, 0.15) is 23.3 Å². The monoisotopic (exact) mass is 387 g/mol. The van der Waals surface area contributed by atoms with Crippen LogP contribution in [0.2, 0.25) is 0 Å². The summed E-state index contributed by atoms with van der Waals surface area (Å²) in [7, 11) is 0. The van der Waals surface area contributed by atoms with Crippen LogP contribution < -0.4 is 10.6 Å². The second kappa shape index (κ2) is 7.31. The van der Waals surface area contributed by atoms with Gasteiger partial charge in [-0.05, 0) is 42.0 Å². The van der Waals surface area contributed by atoms with Crippen molar-refractivity contribution in [1.29, 1.82) is 0 Å². The highest BCUT2D eigenvalue weighted by Gasteiger charge is 2.61. The van der Waals surface area contributed by atoms with Crippen molar-refractivity contribution >= 4 is 23.3 Å². The molecule has 7 heteroatoms. The third kappa shape index (κ3) is 3.98. The van der Waals surface area contributed by atoms with Crippen LogP contribution in [0, 0.1) is 17.2 Å². The lowest BCUT2D eigenvalue weighted by atomic mass is 10.0. The molecule has 2 heterocycles. The van der Waals surface area contributed by atoms with E-state index in [2.05, 4.69) is 10.6 Å². The van der Waals surface area contributed by atoms with E-state index in [1.165, 1.54) is 12.1 Å². The third-order valence-corrected chi connectivity index (χ3v) is 6.40. The zero-order valence-electron chi connectivity index (χ0n) is 14.9. The van der Waals surface area contributed by atoms with Crippen LogP contribution >= 0.6 is 11.3 Å². The van der Waals surface area contributed by atoms with Gasteiger partial charge < -0.3 is 15.5 Å². The third-order valence-electron chi connectivity index (χ3n) is 5.53. The highest BCUT2D eigenvalue weighted by molar-refractivity contribution is 7.09. The molecular formula is C20H22FN3O2S. The van der Waals surface area contributed by atoms with Crippen LogP contribution in [-0.4, -0.2) is 29.9 Å². The van der Waals surface area contributed by atoms with E-state index in [1.54, 1.807) is 28.4 Å². The molecule has 0 radical (unpaired) electrons. The largest absolute Gasteiger partial charge is 0.351 e. The molecule has 1 aromatic carbocycles. The second-order valence-corrected chi connectivity index (χ2v) is 8.41. The number of nitrogens with one attached hydrogen (secondary N) is 2. The van der Waals surface area contributed by atoms with Crippen molar-refractivity contribution in [2.75, 3.05) is 13.1 Å². The van der Waals surface area contributed by atoms with Gasteiger partial charge in [0, 0.05) is 35.8 Å². The molecule has 4 rings (SSSR count). The lowest BCUT2D eigenvalue weighted by molar-refractivity contribution is -0.123. The number of likely N-dealkylation sites (tertiary alicyclic amines) is 1. The number of thiophene rings is 1. The van der Waals surface area contributed by atoms with Crippen molar-refractivity contribution in [1.82, 2.24) is 15.5 Å². The van der Waals surface area contributed by atoms with E-state index in [0.29, 0.717) is 26.2 Å². The van der Waals surface area contributed by atoms with E-state index in [0.717, 1.165) is 23.3 Å². The predicted octanol–water partition coefficient (Wildman–Crippen LogP) is 3.13. The molecule has 1 saturated heterocycles. The van der Waals surface area contributed by atoms with E-state index < -0.39 is 0 Å². The summed E-state index contributed by atoms with van der Waals surface area (Å²) in [5, 5.41) is 7.85. The van der Waals surface area contributed by atoms with Crippen LogP contribution in [0.15, 0.2) is 41.8 Å². The number of urea groups is 1. The summed E-state index contributed by atoms with van der Waals surface area (Å²) in [5.41, 5.74) is 0.671. The lowest BCUT2D eigenvalue weighted by Gasteiger charge is -2.17. The van der Waals surface area contributed by atoms with Gasteiger partial charge >= 0.3 is 6.03 Å². The lowest BCUT2D eigenvalue weighted by Crippen LogP contribution is -2.38. The van der Waals surface area contributed by atoms with Gasteiger partial charge in [-0.15, -0.1) is 11.3 Å². The van der Waals surface area contributed by atoms with Gasteiger partial charge in [0.2, 0.25) is 5.91 Å². The first-order valence-corrected chi connectivity index (χ1v) is 10.0. The first kappa shape index (κ1) is 18.0. The molecule has 2 aromatic rings. The molecule has 0 unspecified atom stereocenters. The fourth-order valence-electron chi connectivity index (χ4n) is 3.89. The minimum absolute atomic E-state index is 0.00141. The summed E-state index contributed by atoms with van der Waals surface area (Å²) < 4.78 is 13.2. The number of amides is 3. The normalized spacial score (nSPS) is 23.4. The number of nitrogens with zero attached hydrogens (tertiary/aromatic N) is 1. The summed E-state index contributed by atoms with van der Waals surface area (Å²) in [6.45, 7) is 2.13. The number of benzene rings is 1. The molecule has 2 fully saturated rings. The highest BCUT2D eigenvalue weighted by atomic mass is 32.1. The van der Waals surface area contributed by atoms with Gasteiger partial charge in [-0.3, -0.25) is 4.79 Å². The minimum atomic E-state index is -0.309. The number of halogens is 1. The van der Waals surface area contributed by atoms with Gasteiger partial charge in [-0.1, -0.05) is 18.2 Å². The number of carbonyl (C=O) groups is 2. The zero-order valence-corrected chi connectivity index (χ0v) is 15.7. The summed E-state index contributed by atoms with van der Waals surface area (Å²) in [6.07, 6.45) is 1.70. The second-order valence-electron chi connectivity index (χ2n) is 7.38. The van der Waals surface area contributed by atoms with E-state index in [-0.39, 0.29) is 29.1 Å². The molecule has 1 aliphatic carbocycles. The number of rotatable bonds is 5. The Labute approximate surface area is 161 Å². The van der Waals surface area contributed by atoms with Crippen LogP contribution in [0.25, 0.3) is 0 Å². The SMILES string of the molecule is O=C(NCc1cccs1)[C@H]1C[C@@]12CCN(C(=O)NCc1cccc(F)c1)C2. The fourth-order valence-corrected chi connectivity index (χ4v) is 4.53. The van der Waals surface area contributed by atoms with Crippen LogP contribution in [0.3, 0.4) is 0 Å². The molecule has 1 saturated carbocycles. The van der Waals surface area contributed by atoms with Crippen molar-refractivity contribution in [2.45, 2.75) is 25.9 Å². The van der Waals surface area contributed by atoms with E-state index >= 15 is 0 Å². The van der Waals surface area contributed by atoms with E-state index in [4.69, 9.17) is 0 Å². The van der Waals surface area contributed by atoms with E-state index in [1.807, 2.05) is 17.5 Å². The van der Waals surface area contributed by atoms with Crippen LogP contribution in [-0.2, 0) is 17.9 Å². The van der Waals surface area contributed by atoms with E-state index in [9.17, 15) is 14.0 Å². The Morgan fingerprint density at radius 3 is 2.89 bits per heavy atom. The Kier molecular flexibility index (Phi) is 4.86. The number of carbonyl (C=O) groups excluding carboxylic acids is 2.